The van der Waals surface area contributed by atoms with Crippen LogP contribution in [0.2, 0.25) is 0 Å². The van der Waals surface area contributed by atoms with Crippen molar-refractivity contribution >= 4 is 5.91 Å². The van der Waals surface area contributed by atoms with Crippen LogP contribution in [0.5, 0.6) is 0 Å². The molecule has 0 bridgehead atoms. The van der Waals surface area contributed by atoms with Gasteiger partial charge in [0.2, 0.25) is 5.91 Å². The van der Waals surface area contributed by atoms with E-state index in [9.17, 15) is 4.79 Å². The van der Waals surface area contributed by atoms with Crippen molar-refractivity contribution in [2.75, 3.05) is 32.7 Å². The van der Waals surface area contributed by atoms with Crippen molar-refractivity contribution in [3.05, 3.63) is 35.9 Å². The molecule has 4 nitrogen and oxygen atoms in total. The first-order chi connectivity index (χ1) is 13.1. The predicted octanol–water partition coefficient (Wildman–Crippen LogP) is 3.53. The maximum absolute atomic E-state index is 12.5. The van der Waals surface area contributed by atoms with Crippen LogP contribution in [0, 0.1) is 11.8 Å². The largest absolute Gasteiger partial charge is 0.356 e. The quantitative estimate of drug-likeness (QED) is 0.796. The second-order valence-corrected chi connectivity index (χ2v) is 8.80. The van der Waals surface area contributed by atoms with E-state index in [0.29, 0.717) is 12.0 Å². The molecule has 0 radical (unpaired) electrons. The van der Waals surface area contributed by atoms with Crippen molar-refractivity contribution in [3.8, 4) is 0 Å². The van der Waals surface area contributed by atoms with E-state index in [2.05, 4.69) is 59.3 Å². The summed E-state index contributed by atoms with van der Waals surface area (Å²) < 4.78 is 0. The Balaban J connectivity index is 1.42. The van der Waals surface area contributed by atoms with Gasteiger partial charge in [0, 0.05) is 25.7 Å². The lowest BCUT2D eigenvalue weighted by molar-refractivity contribution is -0.127. The first-order valence-electron chi connectivity index (χ1n) is 10.9. The van der Waals surface area contributed by atoms with E-state index >= 15 is 0 Å². The van der Waals surface area contributed by atoms with E-state index in [1.165, 1.54) is 38.0 Å². The molecule has 2 saturated heterocycles. The standard InChI is InChI=1S/C23H37N3O/c1-19(2)10-13-24-23(27)21-9-6-14-26(18-21)22-11-15-25(16-12-22)17-20-7-4-3-5-8-20/h3-5,7-8,19,21-22H,6,9-18H2,1-2H3,(H,24,27)/t21-/m1/s1. The normalized spacial score (nSPS) is 22.9. The minimum atomic E-state index is 0.188. The van der Waals surface area contributed by atoms with Gasteiger partial charge in [0.1, 0.15) is 0 Å². The van der Waals surface area contributed by atoms with Gasteiger partial charge in [0.15, 0.2) is 0 Å². The van der Waals surface area contributed by atoms with Crippen molar-refractivity contribution in [3.63, 3.8) is 0 Å². The molecule has 2 aliphatic heterocycles. The maximum atomic E-state index is 12.5. The van der Waals surface area contributed by atoms with E-state index in [-0.39, 0.29) is 11.8 Å². The molecular weight excluding hydrogens is 334 g/mol. The molecule has 2 heterocycles. The van der Waals surface area contributed by atoms with Gasteiger partial charge in [-0.3, -0.25) is 14.6 Å². The Morgan fingerprint density at radius 1 is 1.11 bits per heavy atom. The summed E-state index contributed by atoms with van der Waals surface area (Å²) in [6.07, 6.45) is 5.74. The highest BCUT2D eigenvalue weighted by molar-refractivity contribution is 5.78. The zero-order valence-corrected chi connectivity index (χ0v) is 17.2. The minimum Gasteiger partial charge on any atom is -0.356 e. The van der Waals surface area contributed by atoms with Crippen LogP contribution in [0.4, 0.5) is 0 Å². The van der Waals surface area contributed by atoms with Crippen molar-refractivity contribution in [2.24, 2.45) is 11.8 Å². The summed E-state index contributed by atoms with van der Waals surface area (Å²) in [5, 5.41) is 3.17. The maximum Gasteiger partial charge on any atom is 0.224 e. The summed E-state index contributed by atoms with van der Waals surface area (Å²) in [5.74, 6) is 1.12. The van der Waals surface area contributed by atoms with Gasteiger partial charge < -0.3 is 5.32 Å². The number of amides is 1. The van der Waals surface area contributed by atoms with Crippen molar-refractivity contribution < 1.29 is 4.79 Å². The molecule has 1 amide bonds. The molecule has 0 aromatic heterocycles. The van der Waals surface area contributed by atoms with Gasteiger partial charge in [-0.25, -0.2) is 0 Å². The number of hydrogen-bond donors (Lipinski definition) is 1. The summed E-state index contributed by atoms with van der Waals surface area (Å²) in [6.45, 7) is 10.8. The van der Waals surface area contributed by atoms with Crippen LogP contribution >= 0.6 is 0 Å². The van der Waals surface area contributed by atoms with Crippen LogP contribution in [0.3, 0.4) is 0 Å². The summed E-state index contributed by atoms with van der Waals surface area (Å²) in [5.41, 5.74) is 1.41. The van der Waals surface area contributed by atoms with Gasteiger partial charge in [0.25, 0.3) is 0 Å². The van der Waals surface area contributed by atoms with Gasteiger partial charge in [-0.05, 0) is 63.2 Å². The number of carbonyl (C=O) groups excluding carboxylic acids is 1. The van der Waals surface area contributed by atoms with E-state index in [1.807, 2.05) is 0 Å². The topological polar surface area (TPSA) is 35.6 Å². The molecular formula is C23H37N3O. The Morgan fingerprint density at radius 2 is 1.85 bits per heavy atom. The first-order valence-corrected chi connectivity index (χ1v) is 10.9. The van der Waals surface area contributed by atoms with Gasteiger partial charge in [-0.2, -0.15) is 0 Å². The Kier molecular flexibility index (Phi) is 7.71. The second-order valence-electron chi connectivity index (χ2n) is 8.80. The minimum absolute atomic E-state index is 0.188. The van der Waals surface area contributed by atoms with Crippen molar-refractivity contribution in [1.82, 2.24) is 15.1 Å². The number of likely N-dealkylation sites (tertiary alicyclic amines) is 2. The molecule has 0 aliphatic carbocycles. The number of nitrogens with zero attached hydrogens (tertiary/aromatic N) is 2. The van der Waals surface area contributed by atoms with E-state index in [1.54, 1.807) is 0 Å². The highest BCUT2D eigenvalue weighted by Crippen LogP contribution is 2.24. The van der Waals surface area contributed by atoms with Crippen LogP contribution in [0.15, 0.2) is 30.3 Å². The van der Waals surface area contributed by atoms with Crippen LogP contribution in [-0.4, -0.2) is 54.5 Å². The highest BCUT2D eigenvalue weighted by atomic mass is 16.1. The van der Waals surface area contributed by atoms with Gasteiger partial charge >= 0.3 is 0 Å². The number of hydrogen-bond acceptors (Lipinski definition) is 3. The molecule has 27 heavy (non-hydrogen) atoms. The molecule has 0 unspecified atom stereocenters. The van der Waals surface area contributed by atoms with Crippen LogP contribution in [0.1, 0.15) is 51.5 Å². The number of nitrogens with one attached hydrogen (secondary N) is 1. The van der Waals surface area contributed by atoms with E-state index < -0.39 is 0 Å². The van der Waals surface area contributed by atoms with Crippen molar-refractivity contribution in [2.45, 2.75) is 58.5 Å². The summed E-state index contributed by atoms with van der Waals surface area (Å²) in [4.78, 5) is 17.7. The zero-order chi connectivity index (χ0) is 19.1. The molecule has 1 N–H and O–H groups in total. The SMILES string of the molecule is CC(C)CCNC(=O)[C@@H]1CCCN(C2CCN(Cc3ccccc3)CC2)C1. The Hall–Kier alpha value is -1.39. The fourth-order valence-corrected chi connectivity index (χ4v) is 4.46. The lowest BCUT2D eigenvalue weighted by Crippen LogP contribution is -2.50. The second kappa shape index (κ2) is 10.2. The molecule has 1 aromatic carbocycles. The molecule has 150 valence electrons. The first kappa shape index (κ1) is 20.3. The average Bonchev–Trinajstić information content (AvgIpc) is 2.69. The number of carbonyl (C=O) groups is 1. The number of rotatable bonds is 7. The van der Waals surface area contributed by atoms with Crippen LogP contribution in [0.25, 0.3) is 0 Å². The zero-order valence-electron chi connectivity index (χ0n) is 17.2. The molecule has 0 spiro atoms. The van der Waals surface area contributed by atoms with Gasteiger partial charge in [-0.15, -0.1) is 0 Å². The summed E-state index contributed by atoms with van der Waals surface area (Å²) >= 11 is 0. The van der Waals surface area contributed by atoms with Gasteiger partial charge in [0.05, 0.1) is 5.92 Å². The van der Waals surface area contributed by atoms with Crippen molar-refractivity contribution in [1.29, 1.82) is 0 Å². The Morgan fingerprint density at radius 3 is 2.56 bits per heavy atom. The molecule has 2 aliphatic rings. The number of benzene rings is 1. The lowest BCUT2D eigenvalue weighted by atomic mass is 9.93. The van der Waals surface area contributed by atoms with E-state index in [4.69, 9.17) is 0 Å². The third kappa shape index (κ3) is 6.32. The van der Waals surface area contributed by atoms with Crippen LogP contribution < -0.4 is 5.32 Å². The summed E-state index contributed by atoms with van der Waals surface area (Å²) in [7, 11) is 0. The summed E-state index contributed by atoms with van der Waals surface area (Å²) in [6, 6.07) is 11.4. The highest BCUT2D eigenvalue weighted by Gasteiger charge is 2.31. The lowest BCUT2D eigenvalue weighted by Gasteiger charge is -2.42. The molecule has 3 rings (SSSR count). The predicted molar refractivity (Wildman–Crippen MR) is 112 cm³/mol. The fourth-order valence-electron chi connectivity index (χ4n) is 4.46. The monoisotopic (exact) mass is 371 g/mol. The Labute approximate surface area is 165 Å². The average molecular weight is 372 g/mol. The third-order valence-corrected chi connectivity index (χ3v) is 6.17. The fraction of sp³-hybridized carbons (Fsp3) is 0.696. The van der Waals surface area contributed by atoms with Crippen LogP contribution in [-0.2, 0) is 11.3 Å². The molecule has 1 aromatic rings. The smallest absolute Gasteiger partial charge is 0.224 e. The third-order valence-electron chi connectivity index (χ3n) is 6.17. The molecule has 4 heteroatoms. The van der Waals surface area contributed by atoms with Gasteiger partial charge in [-0.1, -0.05) is 44.2 Å². The van der Waals surface area contributed by atoms with E-state index in [0.717, 1.165) is 38.9 Å². The molecule has 1 atom stereocenters. The Bertz CT molecular complexity index is 566. The molecule has 2 fully saturated rings. The number of piperidine rings is 2. The molecule has 0 saturated carbocycles.